The lowest BCUT2D eigenvalue weighted by Gasteiger charge is -2.28. The summed E-state index contributed by atoms with van der Waals surface area (Å²) in [7, 11) is 0. The van der Waals surface area contributed by atoms with Gasteiger partial charge in [0.1, 0.15) is 0 Å². The molecule has 1 aliphatic carbocycles. The van der Waals surface area contributed by atoms with E-state index in [0.717, 1.165) is 23.9 Å². The predicted octanol–water partition coefficient (Wildman–Crippen LogP) is 3.29. The minimum atomic E-state index is -0.0699. The number of fused-ring (bicyclic) bond motifs is 2. The van der Waals surface area contributed by atoms with Gasteiger partial charge in [-0.05, 0) is 37.0 Å². The van der Waals surface area contributed by atoms with Crippen LogP contribution in [0.3, 0.4) is 0 Å². The van der Waals surface area contributed by atoms with Crippen LogP contribution in [0.1, 0.15) is 29.3 Å². The summed E-state index contributed by atoms with van der Waals surface area (Å²) in [6, 6.07) is 16.3. The molecular formula is C22H21N3O. The molecule has 1 atom stereocenters. The summed E-state index contributed by atoms with van der Waals surface area (Å²) < 4.78 is 1.55. The molecule has 1 aromatic heterocycles. The highest BCUT2D eigenvalue weighted by atomic mass is 16.1. The van der Waals surface area contributed by atoms with Gasteiger partial charge in [0.25, 0.3) is 5.56 Å². The second-order valence-corrected chi connectivity index (χ2v) is 6.78. The molecule has 0 spiro atoms. The van der Waals surface area contributed by atoms with Crippen LogP contribution in [-0.4, -0.2) is 21.2 Å². The minimum absolute atomic E-state index is 0.0699. The van der Waals surface area contributed by atoms with Crippen LogP contribution in [0.4, 0.5) is 0 Å². The quantitative estimate of drug-likeness (QED) is 0.682. The fraction of sp³-hybridized carbons (Fsp3) is 0.273. The Bertz CT molecular complexity index is 1060. The molecule has 0 bridgehead atoms. The van der Waals surface area contributed by atoms with Gasteiger partial charge in [-0.3, -0.25) is 9.69 Å². The Kier molecular flexibility index (Phi) is 4.32. The van der Waals surface area contributed by atoms with Crippen LogP contribution in [-0.2, 0) is 13.1 Å². The highest BCUT2D eigenvalue weighted by Gasteiger charge is 2.28. The number of aryl methyl sites for hydroxylation is 2. The summed E-state index contributed by atoms with van der Waals surface area (Å²) in [6.45, 7) is 2.82. The summed E-state index contributed by atoms with van der Waals surface area (Å²) in [5, 5.41) is 6.15. The van der Waals surface area contributed by atoms with Crippen molar-refractivity contribution in [2.24, 2.45) is 0 Å². The monoisotopic (exact) mass is 343 g/mol. The molecule has 1 aliphatic rings. The van der Waals surface area contributed by atoms with Crippen molar-refractivity contribution >= 4 is 10.8 Å². The molecular weight excluding hydrogens is 322 g/mol. The smallest absolute Gasteiger partial charge is 0.267 e. The third-order valence-corrected chi connectivity index (χ3v) is 5.20. The van der Waals surface area contributed by atoms with Crippen molar-refractivity contribution in [2.45, 2.75) is 32.5 Å². The van der Waals surface area contributed by atoms with E-state index in [1.165, 1.54) is 11.1 Å². The molecule has 4 nitrogen and oxygen atoms in total. The maximum Gasteiger partial charge on any atom is 0.275 e. The van der Waals surface area contributed by atoms with E-state index in [2.05, 4.69) is 40.2 Å². The van der Waals surface area contributed by atoms with E-state index >= 15 is 0 Å². The Hall–Kier alpha value is -2.90. The summed E-state index contributed by atoms with van der Waals surface area (Å²) in [5.74, 6) is 2.75. The average Bonchev–Trinajstić information content (AvgIpc) is 3.09. The van der Waals surface area contributed by atoms with Crippen LogP contribution >= 0.6 is 0 Å². The van der Waals surface area contributed by atoms with Crippen molar-refractivity contribution in [3.05, 3.63) is 75.7 Å². The van der Waals surface area contributed by atoms with Gasteiger partial charge in [-0.25, -0.2) is 4.68 Å². The number of nitrogens with zero attached hydrogens (tertiary/aromatic N) is 3. The van der Waals surface area contributed by atoms with Crippen molar-refractivity contribution in [1.29, 1.82) is 0 Å². The molecule has 4 heteroatoms. The fourth-order valence-corrected chi connectivity index (χ4v) is 3.96. The van der Waals surface area contributed by atoms with E-state index in [-0.39, 0.29) is 11.6 Å². The first kappa shape index (κ1) is 16.6. The van der Waals surface area contributed by atoms with Crippen molar-refractivity contribution < 1.29 is 0 Å². The second kappa shape index (κ2) is 6.78. The normalized spacial score (nSPS) is 16.0. The Labute approximate surface area is 153 Å². The van der Waals surface area contributed by atoms with Crippen molar-refractivity contribution in [1.82, 2.24) is 14.7 Å². The number of rotatable bonds is 4. The third kappa shape index (κ3) is 2.81. The largest absolute Gasteiger partial charge is 0.275 e. The van der Waals surface area contributed by atoms with Crippen LogP contribution < -0.4 is 5.56 Å². The van der Waals surface area contributed by atoms with E-state index in [9.17, 15) is 4.79 Å². The lowest BCUT2D eigenvalue weighted by molar-refractivity contribution is 0.160. The lowest BCUT2D eigenvalue weighted by Crippen LogP contribution is -2.36. The third-order valence-electron chi connectivity index (χ3n) is 5.20. The fourth-order valence-electron chi connectivity index (χ4n) is 3.96. The van der Waals surface area contributed by atoms with Crippen LogP contribution in [0.25, 0.3) is 10.8 Å². The molecule has 0 saturated heterocycles. The highest BCUT2D eigenvalue weighted by molar-refractivity contribution is 5.83. The summed E-state index contributed by atoms with van der Waals surface area (Å²) in [4.78, 5) is 15.1. The average molecular weight is 343 g/mol. The van der Waals surface area contributed by atoms with E-state index < -0.39 is 0 Å². The first-order valence-electron chi connectivity index (χ1n) is 8.91. The molecule has 1 heterocycles. The number of benzene rings is 2. The molecule has 0 fully saturated rings. The summed E-state index contributed by atoms with van der Waals surface area (Å²) in [6.07, 6.45) is 7.69. The van der Waals surface area contributed by atoms with Gasteiger partial charge in [-0.15, -0.1) is 6.42 Å². The number of hydrogen-bond donors (Lipinski definition) is 0. The Morgan fingerprint density at radius 2 is 1.92 bits per heavy atom. The van der Waals surface area contributed by atoms with Gasteiger partial charge in [0, 0.05) is 11.4 Å². The van der Waals surface area contributed by atoms with Gasteiger partial charge in [-0.1, -0.05) is 48.4 Å². The van der Waals surface area contributed by atoms with Gasteiger partial charge >= 0.3 is 0 Å². The molecule has 0 unspecified atom stereocenters. The molecule has 3 aromatic rings. The van der Waals surface area contributed by atoms with Gasteiger partial charge in [-0.2, -0.15) is 5.10 Å². The van der Waals surface area contributed by atoms with Crippen molar-refractivity contribution in [3.8, 4) is 12.3 Å². The molecule has 0 saturated carbocycles. The zero-order valence-corrected chi connectivity index (χ0v) is 14.9. The molecule has 0 radical (unpaired) electrons. The number of terminal acetylenes is 1. The lowest BCUT2D eigenvalue weighted by atomic mass is 10.1. The highest BCUT2D eigenvalue weighted by Crippen LogP contribution is 2.35. The summed E-state index contributed by atoms with van der Waals surface area (Å²) >= 11 is 0. The molecule has 26 heavy (non-hydrogen) atoms. The Balaban J connectivity index is 1.73. The zero-order valence-electron chi connectivity index (χ0n) is 14.9. The zero-order chi connectivity index (χ0) is 18.1. The Morgan fingerprint density at radius 3 is 2.73 bits per heavy atom. The van der Waals surface area contributed by atoms with Gasteiger partial charge < -0.3 is 0 Å². The predicted molar refractivity (Wildman–Crippen MR) is 104 cm³/mol. The molecule has 0 N–H and O–H groups in total. The molecule has 130 valence electrons. The van der Waals surface area contributed by atoms with E-state index in [1.807, 2.05) is 31.2 Å². The minimum Gasteiger partial charge on any atom is -0.267 e. The molecule has 0 aliphatic heterocycles. The first-order chi connectivity index (χ1) is 12.7. The van der Waals surface area contributed by atoms with E-state index in [1.54, 1.807) is 4.68 Å². The van der Waals surface area contributed by atoms with Crippen LogP contribution in [0.15, 0.2) is 53.3 Å². The number of aromatic nitrogens is 2. The standard InChI is InChI=1S/C22H21N3O/c1-3-14-24(21-13-12-17-8-4-5-10-19(17)21)15-25-22(26)20-11-7-6-9-18(20)16(2)23-25/h1,4-11,21H,12-15H2,2H3/t21-/m1/s1. The van der Waals surface area contributed by atoms with Gasteiger partial charge in [0.15, 0.2) is 0 Å². The van der Waals surface area contributed by atoms with Gasteiger partial charge in [0.05, 0.1) is 24.3 Å². The van der Waals surface area contributed by atoms with Crippen LogP contribution in [0.5, 0.6) is 0 Å². The molecule has 2 aromatic carbocycles. The first-order valence-corrected chi connectivity index (χ1v) is 8.91. The molecule has 0 amide bonds. The van der Waals surface area contributed by atoms with E-state index in [4.69, 9.17) is 6.42 Å². The molecule has 4 rings (SSSR count). The topological polar surface area (TPSA) is 38.1 Å². The summed E-state index contributed by atoms with van der Waals surface area (Å²) in [5.41, 5.74) is 3.47. The van der Waals surface area contributed by atoms with Crippen molar-refractivity contribution in [2.75, 3.05) is 6.54 Å². The maximum absolute atomic E-state index is 12.9. The maximum atomic E-state index is 12.9. The van der Waals surface area contributed by atoms with E-state index in [0.29, 0.717) is 18.6 Å². The SMILES string of the molecule is C#CCN(Cn1nc(C)c2ccccc2c1=O)[C@@H]1CCc2ccccc21. The van der Waals surface area contributed by atoms with Crippen LogP contribution in [0.2, 0.25) is 0 Å². The van der Waals surface area contributed by atoms with Crippen LogP contribution in [0, 0.1) is 19.3 Å². The number of hydrogen-bond acceptors (Lipinski definition) is 3. The second-order valence-electron chi connectivity index (χ2n) is 6.78. The van der Waals surface area contributed by atoms with Gasteiger partial charge in [0.2, 0.25) is 0 Å². The van der Waals surface area contributed by atoms with Crippen molar-refractivity contribution in [3.63, 3.8) is 0 Å². The Morgan fingerprint density at radius 1 is 1.19 bits per heavy atom.